The van der Waals surface area contributed by atoms with E-state index in [9.17, 15) is 0 Å². The molecule has 0 amide bonds. The van der Waals surface area contributed by atoms with Crippen LogP contribution in [-0.2, 0) is 6.42 Å². The average Bonchev–Trinajstić information content (AvgIpc) is 2.29. The fourth-order valence-electron chi connectivity index (χ4n) is 1.74. The van der Waals surface area contributed by atoms with Crippen molar-refractivity contribution < 1.29 is 4.74 Å². The standard InChI is InChI=1S/C13H19BrO/c1-3-4-12(10-14)9-11-5-7-13(15-2)8-6-11/h5-8,12H,3-4,9-10H2,1-2H3. The van der Waals surface area contributed by atoms with Gasteiger partial charge in [-0.05, 0) is 36.5 Å². The van der Waals surface area contributed by atoms with Crippen molar-refractivity contribution in [1.29, 1.82) is 0 Å². The van der Waals surface area contributed by atoms with Crippen LogP contribution in [0.4, 0.5) is 0 Å². The number of hydrogen-bond donors (Lipinski definition) is 0. The van der Waals surface area contributed by atoms with Crippen LogP contribution in [0.2, 0.25) is 0 Å². The predicted molar refractivity (Wildman–Crippen MR) is 68.9 cm³/mol. The van der Waals surface area contributed by atoms with Crippen molar-refractivity contribution in [3.05, 3.63) is 29.8 Å². The summed E-state index contributed by atoms with van der Waals surface area (Å²) in [5.74, 6) is 1.69. The van der Waals surface area contributed by atoms with E-state index in [2.05, 4.69) is 35.0 Å². The summed E-state index contributed by atoms with van der Waals surface area (Å²) in [6, 6.07) is 8.38. The van der Waals surface area contributed by atoms with Crippen LogP contribution in [-0.4, -0.2) is 12.4 Å². The molecule has 0 radical (unpaired) electrons. The topological polar surface area (TPSA) is 9.23 Å². The molecule has 0 aliphatic heterocycles. The van der Waals surface area contributed by atoms with Crippen LogP contribution in [0.25, 0.3) is 0 Å². The second kappa shape index (κ2) is 6.89. The van der Waals surface area contributed by atoms with E-state index in [0.717, 1.165) is 23.4 Å². The van der Waals surface area contributed by atoms with Crippen molar-refractivity contribution >= 4 is 15.9 Å². The molecule has 0 bridgehead atoms. The molecule has 1 atom stereocenters. The minimum Gasteiger partial charge on any atom is -0.497 e. The lowest BCUT2D eigenvalue weighted by Crippen LogP contribution is -2.05. The fraction of sp³-hybridized carbons (Fsp3) is 0.538. The van der Waals surface area contributed by atoms with Crippen molar-refractivity contribution in [2.24, 2.45) is 5.92 Å². The molecule has 0 aliphatic carbocycles. The highest BCUT2D eigenvalue weighted by Gasteiger charge is 2.06. The van der Waals surface area contributed by atoms with Crippen LogP contribution in [0.1, 0.15) is 25.3 Å². The van der Waals surface area contributed by atoms with Crippen LogP contribution < -0.4 is 4.74 Å². The van der Waals surface area contributed by atoms with Gasteiger partial charge in [0.1, 0.15) is 5.75 Å². The van der Waals surface area contributed by atoms with Crippen LogP contribution in [0.3, 0.4) is 0 Å². The lowest BCUT2D eigenvalue weighted by molar-refractivity contribution is 0.414. The molecular weight excluding hydrogens is 252 g/mol. The number of rotatable bonds is 6. The van der Waals surface area contributed by atoms with E-state index in [1.165, 1.54) is 18.4 Å². The molecule has 1 nitrogen and oxygen atoms in total. The molecule has 15 heavy (non-hydrogen) atoms. The number of hydrogen-bond acceptors (Lipinski definition) is 1. The lowest BCUT2D eigenvalue weighted by atomic mass is 9.97. The van der Waals surface area contributed by atoms with E-state index in [1.807, 2.05) is 12.1 Å². The van der Waals surface area contributed by atoms with Crippen molar-refractivity contribution in [3.63, 3.8) is 0 Å². The number of benzene rings is 1. The number of methoxy groups -OCH3 is 1. The molecule has 0 spiro atoms. The Morgan fingerprint density at radius 1 is 1.27 bits per heavy atom. The van der Waals surface area contributed by atoms with Crippen LogP contribution in [0.15, 0.2) is 24.3 Å². The molecule has 1 rings (SSSR count). The Kier molecular flexibility index (Phi) is 5.77. The normalized spacial score (nSPS) is 12.5. The summed E-state index contributed by atoms with van der Waals surface area (Å²) < 4.78 is 5.14. The second-order valence-corrected chi connectivity index (χ2v) is 4.51. The van der Waals surface area contributed by atoms with Crippen LogP contribution >= 0.6 is 15.9 Å². The van der Waals surface area contributed by atoms with Gasteiger partial charge in [-0.25, -0.2) is 0 Å². The molecule has 0 aliphatic rings. The summed E-state index contributed by atoms with van der Waals surface area (Å²) in [5, 5.41) is 1.09. The van der Waals surface area contributed by atoms with Gasteiger partial charge >= 0.3 is 0 Å². The first-order valence-electron chi connectivity index (χ1n) is 5.49. The van der Waals surface area contributed by atoms with Gasteiger partial charge in [-0.1, -0.05) is 41.4 Å². The SMILES string of the molecule is CCCC(CBr)Cc1ccc(OC)cc1. The molecule has 0 fully saturated rings. The molecular formula is C13H19BrO. The maximum absolute atomic E-state index is 5.14. The smallest absolute Gasteiger partial charge is 0.118 e. The van der Waals surface area contributed by atoms with E-state index in [-0.39, 0.29) is 0 Å². The van der Waals surface area contributed by atoms with Gasteiger partial charge in [0.25, 0.3) is 0 Å². The van der Waals surface area contributed by atoms with E-state index in [0.29, 0.717) is 0 Å². The zero-order valence-corrected chi connectivity index (χ0v) is 11.1. The number of halogens is 1. The Morgan fingerprint density at radius 2 is 1.93 bits per heavy atom. The van der Waals surface area contributed by atoms with E-state index in [1.54, 1.807) is 7.11 Å². The maximum Gasteiger partial charge on any atom is 0.118 e. The minimum absolute atomic E-state index is 0.753. The average molecular weight is 271 g/mol. The van der Waals surface area contributed by atoms with Crippen molar-refractivity contribution in [3.8, 4) is 5.75 Å². The molecule has 0 saturated heterocycles. The van der Waals surface area contributed by atoms with Crippen molar-refractivity contribution in [1.82, 2.24) is 0 Å². The predicted octanol–water partition coefficient (Wildman–Crippen LogP) is 4.05. The Hall–Kier alpha value is -0.500. The molecule has 0 aromatic heterocycles. The molecule has 1 aromatic rings. The van der Waals surface area contributed by atoms with Crippen LogP contribution in [0.5, 0.6) is 5.75 Å². The third kappa shape index (κ3) is 4.25. The Bertz CT molecular complexity index is 268. The van der Waals surface area contributed by atoms with Gasteiger partial charge in [-0.15, -0.1) is 0 Å². The third-order valence-electron chi connectivity index (χ3n) is 2.60. The first-order valence-corrected chi connectivity index (χ1v) is 6.61. The fourth-order valence-corrected chi connectivity index (χ4v) is 2.29. The lowest BCUT2D eigenvalue weighted by Gasteiger charge is -2.12. The third-order valence-corrected chi connectivity index (χ3v) is 3.51. The highest BCUT2D eigenvalue weighted by molar-refractivity contribution is 9.09. The molecule has 0 N–H and O–H groups in total. The van der Waals surface area contributed by atoms with Crippen molar-refractivity contribution in [2.45, 2.75) is 26.2 Å². The summed E-state index contributed by atoms with van der Waals surface area (Å²) >= 11 is 3.58. The van der Waals surface area contributed by atoms with Gasteiger partial charge in [0, 0.05) is 5.33 Å². The molecule has 0 saturated carbocycles. The summed E-state index contributed by atoms with van der Waals surface area (Å²) in [5.41, 5.74) is 1.40. The molecule has 1 aromatic carbocycles. The molecule has 2 heteroatoms. The summed E-state index contributed by atoms with van der Waals surface area (Å²) in [6.45, 7) is 2.24. The minimum atomic E-state index is 0.753. The van der Waals surface area contributed by atoms with Gasteiger partial charge in [-0.2, -0.15) is 0 Å². The molecule has 0 heterocycles. The zero-order valence-electron chi connectivity index (χ0n) is 9.50. The van der Waals surface area contributed by atoms with E-state index in [4.69, 9.17) is 4.74 Å². The summed E-state index contributed by atoms with van der Waals surface area (Å²) in [7, 11) is 1.70. The zero-order chi connectivity index (χ0) is 11.1. The van der Waals surface area contributed by atoms with Gasteiger partial charge in [0.05, 0.1) is 7.11 Å². The Labute approximate surface area is 101 Å². The highest BCUT2D eigenvalue weighted by Crippen LogP contribution is 2.18. The summed E-state index contributed by atoms with van der Waals surface area (Å²) in [4.78, 5) is 0. The van der Waals surface area contributed by atoms with Crippen LogP contribution in [0, 0.1) is 5.92 Å². The maximum atomic E-state index is 5.14. The number of alkyl halides is 1. The largest absolute Gasteiger partial charge is 0.497 e. The first kappa shape index (κ1) is 12.6. The molecule has 84 valence electrons. The van der Waals surface area contributed by atoms with Crippen molar-refractivity contribution in [2.75, 3.05) is 12.4 Å². The van der Waals surface area contributed by atoms with E-state index < -0.39 is 0 Å². The van der Waals surface area contributed by atoms with E-state index >= 15 is 0 Å². The highest BCUT2D eigenvalue weighted by atomic mass is 79.9. The monoisotopic (exact) mass is 270 g/mol. The van der Waals surface area contributed by atoms with Gasteiger partial charge in [0.2, 0.25) is 0 Å². The Balaban J connectivity index is 2.55. The number of ether oxygens (including phenoxy) is 1. The molecule has 1 unspecified atom stereocenters. The second-order valence-electron chi connectivity index (χ2n) is 3.86. The Morgan fingerprint density at radius 3 is 2.40 bits per heavy atom. The summed E-state index contributed by atoms with van der Waals surface area (Å²) in [6.07, 6.45) is 3.70. The van der Waals surface area contributed by atoms with Gasteiger partial charge in [0.15, 0.2) is 0 Å². The quantitative estimate of drug-likeness (QED) is 0.709. The van der Waals surface area contributed by atoms with Gasteiger partial charge in [-0.3, -0.25) is 0 Å². The first-order chi connectivity index (χ1) is 7.30. The van der Waals surface area contributed by atoms with Gasteiger partial charge < -0.3 is 4.74 Å².